The van der Waals surface area contributed by atoms with Gasteiger partial charge in [0.25, 0.3) is 5.91 Å². The van der Waals surface area contributed by atoms with E-state index in [9.17, 15) is 4.79 Å². The van der Waals surface area contributed by atoms with Crippen LogP contribution in [0.15, 0.2) is 18.3 Å². The zero-order chi connectivity index (χ0) is 12.1. The second kappa shape index (κ2) is 5.84. The highest BCUT2D eigenvalue weighted by molar-refractivity contribution is 5.92. The molecule has 17 heavy (non-hydrogen) atoms. The predicted octanol–water partition coefficient (Wildman–Crippen LogP) is 0.562. The van der Waals surface area contributed by atoms with Crippen LogP contribution < -0.4 is 5.32 Å². The molecule has 94 valence electrons. The minimum Gasteiger partial charge on any atom is -0.394 e. The summed E-state index contributed by atoms with van der Waals surface area (Å²) in [5, 5.41) is 11.3. The second-order valence-electron chi connectivity index (χ2n) is 4.12. The number of aliphatic hydroxyl groups is 1. The van der Waals surface area contributed by atoms with Gasteiger partial charge in [0.05, 0.1) is 19.8 Å². The van der Waals surface area contributed by atoms with Gasteiger partial charge in [-0.25, -0.2) is 0 Å². The van der Waals surface area contributed by atoms with E-state index in [0.29, 0.717) is 25.8 Å². The van der Waals surface area contributed by atoms with Crippen LogP contribution in [0.2, 0.25) is 0 Å². The normalized spacial score (nSPS) is 14.9. The molecule has 5 heteroatoms. The molecule has 2 N–H and O–H groups in total. The fourth-order valence-corrected chi connectivity index (χ4v) is 1.75. The van der Waals surface area contributed by atoms with E-state index in [1.54, 1.807) is 0 Å². The van der Waals surface area contributed by atoms with E-state index in [4.69, 9.17) is 9.84 Å². The van der Waals surface area contributed by atoms with Crippen LogP contribution in [-0.2, 0) is 4.74 Å². The monoisotopic (exact) mass is 238 g/mol. The van der Waals surface area contributed by atoms with Gasteiger partial charge >= 0.3 is 0 Å². The molecule has 0 radical (unpaired) electrons. The molecule has 0 bridgehead atoms. The lowest BCUT2D eigenvalue weighted by Crippen LogP contribution is -2.29. The van der Waals surface area contributed by atoms with Crippen LogP contribution in [0, 0.1) is 0 Å². The Morgan fingerprint density at radius 3 is 3.06 bits per heavy atom. The number of hydrogen-bond donors (Lipinski definition) is 2. The first-order chi connectivity index (χ1) is 8.33. The van der Waals surface area contributed by atoms with Crippen molar-refractivity contribution < 1.29 is 14.6 Å². The van der Waals surface area contributed by atoms with E-state index < -0.39 is 0 Å². The van der Waals surface area contributed by atoms with Crippen molar-refractivity contribution in [2.75, 3.05) is 26.4 Å². The van der Waals surface area contributed by atoms with E-state index in [1.807, 2.05) is 22.9 Å². The third kappa shape index (κ3) is 3.31. The molecule has 1 amide bonds. The lowest BCUT2D eigenvalue weighted by atomic mass is 10.4. The van der Waals surface area contributed by atoms with Crippen LogP contribution in [0.3, 0.4) is 0 Å². The lowest BCUT2D eigenvalue weighted by molar-refractivity contribution is 0.0832. The maximum Gasteiger partial charge on any atom is 0.267 e. The molecule has 1 aromatic heterocycles. The summed E-state index contributed by atoms with van der Waals surface area (Å²) in [5.41, 5.74) is 0.717. The summed E-state index contributed by atoms with van der Waals surface area (Å²) >= 11 is 0. The van der Waals surface area contributed by atoms with Gasteiger partial charge in [-0.05, 0) is 25.0 Å². The van der Waals surface area contributed by atoms with Gasteiger partial charge in [0, 0.05) is 18.8 Å². The van der Waals surface area contributed by atoms with Gasteiger partial charge in [0.1, 0.15) is 5.69 Å². The van der Waals surface area contributed by atoms with Crippen molar-refractivity contribution in [1.29, 1.82) is 0 Å². The highest BCUT2D eigenvalue weighted by Gasteiger charge is 2.26. The number of nitrogens with zero attached hydrogens (tertiary/aromatic N) is 1. The van der Waals surface area contributed by atoms with Crippen LogP contribution >= 0.6 is 0 Å². The number of amides is 1. The Morgan fingerprint density at radius 1 is 1.53 bits per heavy atom. The number of carbonyl (C=O) groups excluding carboxylic acids is 1. The molecule has 1 saturated carbocycles. The molecule has 1 aromatic rings. The van der Waals surface area contributed by atoms with E-state index in [-0.39, 0.29) is 12.5 Å². The van der Waals surface area contributed by atoms with Crippen molar-refractivity contribution in [2.24, 2.45) is 0 Å². The molecule has 5 nitrogen and oxygen atoms in total. The second-order valence-corrected chi connectivity index (χ2v) is 4.12. The van der Waals surface area contributed by atoms with Crippen molar-refractivity contribution in [3.63, 3.8) is 0 Å². The number of aromatic nitrogens is 1. The number of carbonyl (C=O) groups is 1. The zero-order valence-electron chi connectivity index (χ0n) is 9.76. The maximum absolute atomic E-state index is 11.9. The van der Waals surface area contributed by atoms with E-state index >= 15 is 0 Å². The molecular weight excluding hydrogens is 220 g/mol. The number of hydrogen-bond acceptors (Lipinski definition) is 3. The van der Waals surface area contributed by atoms with E-state index in [2.05, 4.69) is 5.32 Å². The van der Waals surface area contributed by atoms with Gasteiger partial charge in [-0.2, -0.15) is 0 Å². The summed E-state index contributed by atoms with van der Waals surface area (Å²) < 4.78 is 7.10. The Hall–Kier alpha value is -1.33. The molecule has 2 rings (SSSR count). The third-order valence-electron chi connectivity index (χ3n) is 2.72. The van der Waals surface area contributed by atoms with Crippen LogP contribution in [0.5, 0.6) is 0 Å². The topological polar surface area (TPSA) is 63.5 Å². The highest BCUT2D eigenvalue weighted by Crippen LogP contribution is 2.35. The summed E-state index contributed by atoms with van der Waals surface area (Å²) in [7, 11) is 0. The molecular formula is C12H18N2O3. The SMILES string of the molecule is O=C(NCCOCCO)c1cccn1C1CC1. The smallest absolute Gasteiger partial charge is 0.267 e. The van der Waals surface area contributed by atoms with Crippen LogP contribution in [0.1, 0.15) is 29.4 Å². The van der Waals surface area contributed by atoms with Crippen LogP contribution in [0.25, 0.3) is 0 Å². The van der Waals surface area contributed by atoms with Gasteiger partial charge in [0.2, 0.25) is 0 Å². The van der Waals surface area contributed by atoms with Gasteiger partial charge < -0.3 is 19.7 Å². The summed E-state index contributed by atoms with van der Waals surface area (Å²) in [6, 6.07) is 4.24. The zero-order valence-corrected chi connectivity index (χ0v) is 9.76. The first-order valence-electron chi connectivity index (χ1n) is 5.96. The Morgan fingerprint density at radius 2 is 2.35 bits per heavy atom. The number of aliphatic hydroxyl groups excluding tert-OH is 1. The number of nitrogens with one attached hydrogen (secondary N) is 1. The first kappa shape index (κ1) is 12.1. The van der Waals surface area contributed by atoms with Crippen LogP contribution in [-0.4, -0.2) is 41.9 Å². The molecule has 0 aromatic carbocycles. The van der Waals surface area contributed by atoms with Crippen molar-refractivity contribution in [3.05, 3.63) is 24.0 Å². The Kier molecular flexibility index (Phi) is 4.17. The highest BCUT2D eigenvalue weighted by atomic mass is 16.5. The summed E-state index contributed by atoms with van der Waals surface area (Å²) in [5.74, 6) is -0.0606. The third-order valence-corrected chi connectivity index (χ3v) is 2.72. The Balaban J connectivity index is 1.76. The number of ether oxygens (including phenoxy) is 1. The lowest BCUT2D eigenvalue weighted by Gasteiger charge is -2.08. The molecule has 0 atom stereocenters. The van der Waals surface area contributed by atoms with E-state index in [1.165, 1.54) is 0 Å². The molecule has 0 aliphatic heterocycles. The summed E-state index contributed by atoms with van der Waals surface area (Å²) in [4.78, 5) is 11.9. The maximum atomic E-state index is 11.9. The molecule has 1 heterocycles. The van der Waals surface area contributed by atoms with E-state index in [0.717, 1.165) is 18.5 Å². The average Bonchev–Trinajstić information content (AvgIpc) is 3.06. The molecule has 0 saturated heterocycles. The fourth-order valence-electron chi connectivity index (χ4n) is 1.75. The molecule has 0 spiro atoms. The predicted molar refractivity (Wildman–Crippen MR) is 62.9 cm³/mol. The first-order valence-corrected chi connectivity index (χ1v) is 5.96. The van der Waals surface area contributed by atoms with Gasteiger partial charge in [-0.3, -0.25) is 4.79 Å². The van der Waals surface area contributed by atoms with Gasteiger partial charge in [0.15, 0.2) is 0 Å². The van der Waals surface area contributed by atoms with Crippen LogP contribution in [0.4, 0.5) is 0 Å². The Bertz CT molecular complexity index is 372. The number of rotatable bonds is 7. The summed E-state index contributed by atoms with van der Waals surface area (Å²) in [6.07, 6.45) is 4.28. The standard InChI is InChI=1S/C12H18N2O3/c15-7-9-17-8-5-13-12(16)11-2-1-6-14(11)10-3-4-10/h1-2,6,10,15H,3-5,7-9H2,(H,13,16). The van der Waals surface area contributed by atoms with Crippen molar-refractivity contribution >= 4 is 5.91 Å². The van der Waals surface area contributed by atoms with Gasteiger partial charge in [-0.1, -0.05) is 0 Å². The average molecular weight is 238 g/mol. The van der Waals surface area contributed by atoms with Crippen molar-refractivity contribution in [3.8, 4) is 0 Å². The largest absolute Gasteiger partial charge is 0.394 e. The fraction of sp³-hybridized carbons (Fsp3) is 0.583. The van der Waals surface area contributed by atoms with Crippen molar-refractivity contribution in [2.45, 2.75) is 18.9 Å². The summed E-state index contributed by atoms with van der Waals surface area (Å²) in [6.45, 7) is 1.22. The molecule has 1 fully saturated rings. The van der Waals surface area contributed by atoms with Gasteiger partial charge in [-0.15, -0.1) is 0 Å². The minimum atomic E-state index is -0.0606. The quantitative estimate of drug-likeness (QED) is 0.682. The molecule has 0 unspecified atom stereocenters. The Labute approximate surface area is 100 Å². The van der Waals surface area contributed by atoms with Crippen molar-refractivity contribution in [1.82, 2.24) is 9.88 Å². The molecule has 1 aliphatic carbocycles. The molecule has 1 aliphatic rings. The minimum absolute atomic E-state index is 0.0124.